The average Bonchev–Trinajstić information content (AvgIpc) is 2.42. The van der Waals surface area contributed by atoms with Gasteiger partial charge in [-0.3, -0.25) is 9.69 Å². The van der Waals surface area contributed by atoms with Crippen LogP contribution in [0.15, 0.2) is 18.2 Å². The van der Waals surface area contributed by atoms with Crippen molar-refractivity contribution in [3.63, 3.8) is 0 Å². The van der Waals surface area contributed by atoms with Crippen molar-refractivity contribution in [3.05, 3.63) is 29.6 Å². The first-order valence-corrected chi connectivity index (χ1v) is 8.66. The van der Waals surface area contributed by atoms with Gasteiger partial charge in [0.25, 0.3) is 5.91 Å². The first-order valence-electron chi connectivity index (χ1n) is 8.66. The van der Waals surface area contributed by atoms with Crippen molar-refractivity contribution in [3.8, 4) is 5.75 Å². The number of para-hydroxylation sites is 1. The van der Waals surface area contributed by atoms with Gasteiger partial charge in [-0.15, -0.1) is 0 Å². The molecule has 4 nitrogen and oxygen atoms in total. The highest BCUT2D eigenvalue weighted by Crippen LogP contribution is 2.40. The zero-order valence-electron chi connectivity index (χ0n) is 13.2. The molecule has 2 unspecified atom stereocenters. The van der Waals surface area contributed by atoms with E-state index in [4.69, 9.17) is 10.5 Å². The van der Waals surface area contributed by atoms with E-state index in [0.29, 0.717) is 18.5 Å². The van der Waals surface area contributed by atoms with Crippen LogP contribution in [0.4, 0.5) is 4.39 Å². The van der Waals surface area contributed by atoms with Crippen LogP contribution in [0.25, 0.3) is 0 Å². The van der Waals surface area contributed by atoms with E-state index >= 15 is 0 Å². The molecule has 4 rings (SSSR count). The molecule has 2 fully saturated rings. The number of halogens is 1. The Morgan fingerprint density at radius 3 is 2.35 bits per heavy atom. The number of fused-ring (bicyclic) bond motifs is 1. The van der Waals surface area contributed by atoms with Gasteiger partial charge in [-0.05, 0) is 43.7 Å². The lowest BCUT2D eigenvalue weighted by atomic mass is 9.81. The molecule has 1 aromatic carbocycles. The Morgan fingerprint density at radius 2 is 1.83 bits per heavy atom. The summed E-state index contributed by atoms with van der Waals surface area (Å²) < 4.78 is 19.8. The predicted octanol–water partition coefficient (Wildman–Crippen LogP) is 2.39. The molecule has 5 heteroatoms. The molecule has 3 aliphatic rings. The zero-order chi connectivity index (χ0) is 16.0. The molecule has 0 bridgehead atoms. The Morgan fingerprint density at radius 1 is 1.17 bits per heavy atom. The Hall–Kier alpha value is -1.62. The number of benzene rings is 1. The van der Waals surface area contributed by atoms with Crippen LogP contribution in [-0.4, -0.2) is 35.0 Å². The van der Waals surface area contributed by atoms with Crippen LogP contribution in [0, 0.1) is 5.82 Å². The van der Waals surface area contributed by atoms with E-state index in [-0.39, 0.29) is 11.8 Å². The summed E-state index contributed by atoms with van der Waals surface area (Å²) in [6.07, 6.45) is 7.06. The van der Waals surface area contributed by atoms with Gasteiger partial charge >= 0.3 is 0 Å². The second kappa shape index (κ2) is 5.78. The van der Waals surface area contributed by atoms with Crippen LogP contribution in [0.3, 0.4) is 0 Å². The van der Waals surface area contributed by atoms with Crippen LogP contribution in [0.2, 0.25) is 0 Å². The number of ether oxygens (including phenoxy) is 1. The normalized spacial score (nSPS) is 27.7. The maximum atomic E-state index is 14.0. The number of hydrogen-bond acceptors (Lipinski definition) is 3. The molecule has 1 aromatic rings. The maximum absolute atomic E-state index is 14.0. The lowest BCUT2D eigenvalue weighted by molar-refractivity contribution is -0.132. The summed E-state index contributed by atoms with van der Waals surface area (Å²) in [6, 6.07) is 5.93. The molecule has 0 spiro atoms. The molecule has 0 saturated heterocycles. The minimum atomic E-state index is -0.763. The zero-order valence-corrected chi connectivity index (χ0v) is 13.2. The van der Waals surface area contributed by atoms with Gasteiger partial charge in [0.1, 0.15) is 0 Å². The Bertz CT molecular complexity index is 599. The minimum Gasteiger partial charge on any atom is -0.476 e. The summed E-state index contributed by atoms with van der Waals surface area (Å²) in [7, 11) is 0. The molecular weight excluding hydrogens is 295 g/mol. The van der Waals surface area contributed by atoms with E-state index in [9.17, 15) is 9.18 Å². The highest BCUT2D eigenvalue weighted by molar-refractivity contribution is 5.80. The second-order valence-corrected chi connectivity index (χ2v) is 7.06. The number of nitrogens with two attached hydrogens (primary N) is 1. The van der Waals surface area contributed by atoms with Gasteiger partial charge in [0.05, 0.1) is 6.04 Å². The standard InChI is InChI=1S/C18H23FN2O2/c19-14-9-1-4-11-10-15(17(18(20)22)23-16(11)14)21(12-5-2-6-12)13-7-3-8-13/h1,4,9,12-13,15,17H,2-3,5-8,10H2,(H2,20,22). The van der Waals surface area contributed by atoms with E-state index in [1.165, 1.54) is 44.6 Å². The number of amides is 1. The summed E-state index contributed by atoms with van der Waals surface area (Å²) in [5, 5.41) is 0. The fourth-order valence-electron chi connectivity index (χ4n) is 4.10. The second-order valence-electron chi connectivity index (χ2n) is 7.06. The summed E-state index contributed by atoms with van der Waals surface area (Å²) in [4.78, 5) is 14.5. The molecule has 0 radical (unpaired) electrons. The highest BCUT2D eigenvalue weighted by atomic mass is 19.1. The van der Waals surface area contributed by atoms with E-state index < -0.39 is 17.8 Å². The Balaban J connectivity index is 1.68. The topological polar surface area (TPSA) is 55.6 Å². The lowest BCUT2D eigenvalue weighted by Gasteiger charge is -2.52. The molecular formula is C18H23FN2O2. The van der Waals surface area contributed by atoms with Gasteiger partial charge in [0.15, 0.2) is 17.7 Å². The number of hydrogen-bond donors (Lipinski definition) is 1. The van der Waals surface area contributed by atoms with Crippen LogP contribution in [0.1, 0.15) is 44.1 Å². The first kappa shape index (κ1) is 14.9. The number of nitrogens with zero attached hydrogens (tertiary/aromatic N) is 1. The van der Waals surface area contributed by atoms with Gasteiger partial charge in [0.2, 0.25) is 0 Å². The lowest BCUT2D eigenvalue weighted by Crippen LogP contribution is -2.63. The fraction of sp³-hybridized carbons (Fsp3) is 0.611. The van der Waals surface area contributed by atoms with Crippen molar-refractivity contribution in [2.24, 2.45) is 5.73 Å². The van der Waals surface area contributed by atoms with Gasteiger partial charge < -0.3 is 10.5 Å². The van der Waals surface area contributed by atoms with Crippen molar-refractivity contribution >= 4 is 5.91 Å². The van der Waals surface area contributed by atoms with Gasteiger partial charge in [0, 0.05) is 12.1 Å². The third-order valence-electron chi connectivity index (χ3n) is 5.73. The number of carbonyl (C=O) groups excluding carboxylic acids is 1. The van der Waals surface area contributed by atoms with Crippen LogP contribution in [-0.2, 0) is 11.2 Å². The van der Waals surface area contributed by atoms with E-state index in [2.05, 4.69) is 4.90 Å². The third-order valence-corrected chi connectivity index (χ3v) is 5.73. The van der Waals surface area contributed by atoms with Crippen molar-refractivity contribution < 1.29 is 13.9 Å². The molecule has 124 valence electrons. The Kier molecular flexibility index (Phi) is 3.76. The number of primary amides is 1. The predicted molar refractivity (Wildman–Crippen MR) is 84.6 cm³/mol. The quantitative estimate of drug-likeness (QED) is 0.927. The van der Waals surface area contributed by atoms with Crippen molar-refractivity contribution in [1.82, 2.24) is 4.90 Å². The molecule has 2 aliphatic carbocycles. The smallest absolute Gasteiger partial charge is 0.260 e. The minimum absolute atomic E-state index is 0.0719. The van der Waals surface area contributed by atoms with Gasteiger partial charge in [-0.2, -0.15) is 0 Å². The summed E-state index contributed by atoms with van der Waals surface area (Å²) in [5.74, 6) is -0.701. The highest BCUT2D eigenvalue weighted by Gasteiger charge is 2.46. The van der Waals surface area contributed by atoms with Crippen LogP contribution >= 0.6 is 0 Å². The summed E-state index contributed by atoms with van der Waals surface area (Å²) in [5.41, 5.74) is 6.45. The maximum Gasteiger partial charge on any atom is 0.260 e. The number of rotatable bonds is 4. The summed E-state index contributed by atoms with van der Waals surface area (Å²) in [6.45, 7) is 0. The SMILES string of the molecule is NC(=O)C1Oc2c(F)cccc2CC1N(C1CCC1)C1CCC1. The molecule has 1 aliphatic heterocycles. The number of carbonyl (C=O) groups is 1. The monoisotopic (exact) mass is 318 g/mol. The molecule has 1 heterocycles. The van der Waals surface area contributed by atoms with Crippen molar-refractivity contribution in [2.45, 2.75) is 69.2 Å². The van der Waals surface area contributed by atoms with E-state index in [1.54, 1.807) is 6.07 Å². The van der Waals surface area contributed by atoms with Gasteiger partial charge in [-0.25, -0.2) is 4.39 Å². The van der Waals surface area contributed by atoms with Crippen LogP contribution < -0.4 is 10.5 Å². The van der Waals surface area contributed by atoms with Crippen molar-refractivity contribution in [1.29, 1.82) is 0 Å². The van der Waals surface area contributed by atoms with Crippen molar-refractivity contribution in [2.75, 3.05) is 0 Å². The molecule has 2 N–H and O–H groups in total. The van der Waals surface area contributed by atoms with Crippen LogP contribution in [0.5, 0.6) is 5.75 Å². The largest absolute Gasteiger partial charge is 0.476 e. The van der Waals surface area contributed by atoms with E-state index in [1.807, 2.05) is 6.07 Å². The first-order chi connectivity index (χ1) is 11.1. The molecule has 0 aromatic heterocycles. The molecule has 23 heavy (non-hydrogen) atoms. The molecule has 2 atom stereocenters. The Labute approximate surface area is 135 Å². The fourth-order valence-corrected chi connectivity index (χ4v) is 4.10. The van der Waals surface area contributed by atoms with Gasteiger partial charge in [-0.1, -0.05) is 25.0 Å². The third kappa shape index (κ3) is 2.51. The molecule has 1 amide bonds. The summed E-state index contributed by atoms with van der Waals surface area (Å²) >= 11 is 0. The molecule has 2 saturated carbocycles. The van der Waals surface area contributed by atoms with E-state index in [0.717, 1.165) is 5.56 Å². The average molecular weight is 318 g/mol.